The van der Waals surface area contributed by atoms with Gasteiger partial charge in [-0.3, -0.25) is 4.79 Å². The first-order valence-corrected chi connectivity index (χ1v) is 10.8. The van der Waals surface area contributed by atoms with Gasteiger partial charge < -0.3 is 10.2 Å². The largest absolute Gasteiger partial charge is 0.342 e. The molecule has 1 N–H and O–H groups in total. The molecule has 142 valence electrons. The van der Waals surface area contributed by atoms with Gasteiger partial charge in [0.1, 0.15) is 0 Å². The summed E-state index contributed by atoms with van der Waals surface area (Å²) in [6.07, 6.45) is 3.32. The summed E-state index contributed by atoms with van der Waals surface area (Å²) < 4.78 is 1.11. The number of rotatable bonds is 3. The smallest absolute Gasteiger partial charge is 0.227 e. The summed E-state index contributed by atoms with van der Waals surface area (Å²) in [7, 11) is 0. The van der Waals surface area contributed by atoms with E-state index in [0.29, 0.717) is 11.8 Å². The van der Waals surface area contributed by atoms with E-state index in [1.165, 1.54) is 17.5 Å². The van der Waals surface area contributed by atoms with Crippen LogP contribution in [-0.4, -0.2) is 37.0 Å². The van der Waals surface area contributed by atoms with Crippen LogP contribution in [-0.2, 0) is 4.79 Å². The predicted molar refractivity (Wildman–Crippen MR) is 113 cm³/mol. The molecule has 0 aromatic heterocycles. The van der Waals surface area contributed by atoms with E-state index in [1.807, 2.05) is 6.07 Å². The topological polar surface area (TPSA) is 32.3 Å². The molecule has 0 radical (unpaired) electrons. The lowest BCUT2D eigenvalue weighted by Gasteiger charge is -2.27. The second kappa shape index (κ2) is 8.57. The van der Waals surface area contributed by atoms with Crippen molar-refractivity contribution in [3.63, 3.8) is 0 Å². The molecule has 1 amide bonds. The van der Waals surface area contributed by atoms with Gasteiger partial charge in [-0.05, 0) is 42.4 Å². The Kier molecular flexibility index (Phi) is 5.94. The molecule has 0 bridgehead atoms. The Morgan fingerprint density at radius 3 is 2.56 bits per heavy atom. The number of likely N-dealkylation sites (tertiary alicyclic amines) is 1. The van der Waals surface area contributed by atoms with Crippen LogP contribution in [0.25, 0.3) is 0 Å². The number of carbonyl (C=O) groups excluding carboxylic acids is 1. The van der Waals surface area contributed by atoms with Crippen molar-refractivity contribution in [2.24, 2.45) is 5.92 Å². The number of amides is 1. The molecule has 0 saturated carbocycles. The maximum Gasteiger partial charge on any atom is 0.227 e. The molecule has 3 atom stereocenters. The van der Waals surface area contributed by atoms with Crippen LogP contribution >= 0.6 is 15.9 Å². The SMILES string of the molecule is O=C([C@@H]1CNC[C@H]1c1ccccc1Br)N1CCCC(c2ccccc2)CC1. The maximum absolute atomic E-state index is 13.4. The van der Waals surface area contributed by atoms with E-state index in [9.17, 15) is 4.79 Å². The highest BCUT2D eigenvalue weighted by molar-refractivity contribution is 9.10. The third-order valence-electron chi connectivity index (χ3n) is 6.15. The molecule has 2 saturated heterocycles. The fourth-order valence-electron chi connectivity index (χ4n) is 4.65. The maximum atomic E-state index is 13.4. The molecule has 2 aliphatic heterocycles. The minimum Gasteiger partial charge on any atom is -0.342 e. The van der Waals surface area contributed by atoms with Crippen molar-refractivity contribution < 1.29 is 4.79 Å². The number of carbonyl (C=O) groups is 1. The van der Waals surface area contributed by atoms with Crippen LogP contribution in [0.15, 0.2) is 59.1 Å². The molecular formula is C23H27BrN2O. The van der Waals surface area contributed by atoms with Gasteiger partial charge in [0.2, 0.25) is 5.91 Å². The van der Waals surface area contributed by atoms with Gasteiger partial charge in [-0.2, -0.15) is 0 Å². The van der Waals surface area contributed by atoms with Gasteiger partial charge in [0.25, 0.3) is 0 Å². The second-order valence-electron chi connectivity index (χ2n) is 7.76. The molecule has 0 aliphatic carbocycles. The Morgan fingerprint density at radius 2 is 1.74 bits per heavy atom. The lowest BCUT2D eigenvalue weighted by Crippen LogP contribution is -2.39. The van der Waals surface area contributed by atoms with E-state index in [0.717, 1.165) is 43.5 Å². The van der Waals surface area contributed by atoms with Crippen LogP contribution in [0.2, 0.25) is 0 Å². The van der Waals surface area contributed by atoms with E-state index >= 15 is 0 Å². The van der Waals surface area contributed by atoms with Gasteiger partial charge in [0.15, 0.2) is 0 Å². The van der Waals surface area contributed by atoms with Gasteiger partial charge in [0.05, 0.1) is 5.92 Å². The summed E-state index contributed by atoms with van der Waals surface area (Å²) in [5.41, 5.74) is 2.67. The zero-order chi connectivity index (χ0) is 18.6. The molecule has 2 aromatic rings. The molecule has 1 unspecified atom stereocenters. The normalized spacial score (nSPS) is 26.0. The number of nitrogens with zero attached hydrogens (tertiary/aromatic N) is 1. The van der Waals surface area contributed by atoms with Crippen molar-refractivity contribution in [2.75, 3.05) is 26.2 Å². The highest BCUT2D eigenvalue weighted by Crippen LogP contribution is 2.35. The Labute approximate surface area is 170 Å². The van der Waals surface area contributed by atoms with Crippen molar-refractivity contribution in [3.05, 3.63) is 70.2 Å². The monoisotopic (exact) mass is 426 g/mol. The first-order chi connectivity index (χ1) is 13.2. The second-order valence-corrected chi connectivity index (χ2v) is 8.61. The van der Waals surface area contributed by atoms with Crippen LogP contribution in [0.3, 0.4) is 0 Å². The van der Waals surface area contributed by atoms with E-state index < -0.39 is 0 Å². The Hall–Kier alpha value is -1.65. The summed E-state index contributed by atoms with van der Waals surface area (Å²) in [6.45, 7) is 3.42. The molecule has 0 spiro atoms. The average molecular weight is 427 g/mol. The van der Waals surface area contributed by atoms with Gasteiger partial charge >= 0.3 is 0 Å². The standard InChI is InChI=1S/C23H27BrN2O/c24-22-11-5-4-10-19(22)20-15-25-16-21(20)23(27)26-13-6-9-18(12-14-26)17-7-2-1-3-8-17/h1-5,7-8,10-11,18,20-21,25H,6,9,12-16H2/t18?,20-,21+/m0/s1. The van der Waals surface area contributed by atoms with E-state index in [2.05, 4.69) is 74.7 Å². The molecule has 3 nitrogen and oxygen atoms in total. The van der Waals surface area contributed by atoms with Crippen LogP contribution in [0.5, 0.6) is 0 Å². The lowest BCUT2D eigenvalue weighted by atomic mass is 9.88. The minimum atomic E-state index is 0.0389. The Bertz CT molecular complexity index is 779. The molecule has 2 heterocycles. The number of hydrogen-bond acceptors (Lipinski definition) is 2. The number of nitrogens with one attached hydrogen (secondary N) is 1. The minimum absolute atomic E-state index is 0.0389. The zero-order valence-corrected chi connectivity index (χ0v) is 17.2. The highest BCUT2D eigenvalue weighted by atomic mass is 79.9. The molecule has 4 rings (SSSR count). The molecule has 2 aromatic carbocycles. The van der Waals surface area contributed by atoms with Crippen molar-refractivity contribution in [1.29, 1.82) is 0 Å². The van der Waals surface area contributed by atoms with E-state index in [-0.39, 0.29) is 11.8 Å². The van der Waals surface area contributed by atoms with Crippen LogP contribution < -0.4 is 5.32 Å². The number of halogens is 1. The molecule has 2 aliphatic rings. The van der Waals surface area contributed by atoms with E-state index in [1.54, 1.807) is 0 Å². The fourth-order valence-corrected chi connectivity index (χ4v) is 5.23. The van der Waals surface area contributed by atoms with Gasteiger partial charge in [-0.25, -0.2) is 0 Å². The third-order valence-corrected chi connectivity index (χ3v) is 6.87. The first kappa shape index (κ1) is 18.7. The quantitative estimate of drug-likeness (QED) is 0.780. The zero-order valence-electron chi connectivity index (χ0n) is 15.6. The summed E-state index contributed by atoms with van der Waals surface area (Å²) in [4.78, 5) is 15.5. The fraction of sp³-hybridized carbons (Fsp3) is 0.435. The molecular weight excluding hydrogens is 400 g/mol. The van der Waals surface area contributed by atoms with Crippen molar-refractivity contribution in [2.45, 2.75) is 31.1 Å². The van der Waals surface area contributed by atoms with Crippen LogP contribution in [0, 0.1) is 5.92 Å². The summed E-state index contributed by atoms with van der Waals surface area (Å²) in [5, 5.41) is 3.45. The van der Waals surface area contributed by atoms with Crippen molar-refractivity contribution in [3.8, 4) is 0 Å². The Balaban J connectivity index is 1.45. The van der Waals surface area contributed by atoms with Crippen molar-refractivity contribution in [1.82, 2.24) is 10.2 Å². The average Bonchev–Trinajstić information content (AvgIpc) is 3.05. The van der Waals surface area contributed by atoms with Gasteiger partial charge in [-0.1, -0.05) is 64.5 Å². The summed E-state index contributed by atoms with van der Waals surface area (Å²) >= 11 is 3.67. The highest BCUT2D eigenvalue weighted by Gasteiger charge is 2.37. The molecule has 27 heavy (non-hydrogen) atoms. The molecule has 4 heteroatoms. The lowest BCUT2D eigenvalue weighted by molar-refractivity contribution is -0.135. The summed E-state index contributed by atoms with van der Waals surface area (Å²) in [6, 6.07) is 19.1. The van der Waals surface area contributed by atoms with E-state index in [4.69, 9.17) is 0 Å². The first-order valence-electron chi connectivity index (χ1n) is 10.0. The summed E-state index contributed by atoms with van der Waals surface area (Å²) in [5.74, 6) is 1.19. The Morgan fingerprint density at radius 1 is 0.963 bits per heavy atom. The van der Waals surface area contributed by atoms with Gasteiger partial charge in [-0.15, -0.1) is 0 Å². The predicted octanol–water partition coefficient (Wildman–Crippen LogP) is 4.55. The van der Waals surface area contributed by atoms with Gasteiger partial charge in [0, 0.05) is 36.6 Å². The third kappa shape index (κ3) is 4.12. The number of hydrogen-bond donors (Lipinski definition) is 1. The van der Waals surface area contributed by atoms with Crippen molar-refractivity contribution >= 4 is 21.8 Å². The van der Waals surface area contributed by atoms with Crippen LogP contribution in [0.4, 0.5) is 0 Å². The number of benzene rings is 2. The molecule has 2 fully saturated rings. The van der Waals surface area contributed by atoms with Crippen LogP contribution in [0.1, 0.15) is 42.2 Å².